The first kappa shape index (κ1) is 23.5. The summed E-state index contributed by atoms with van der Waals surface area (Å²) < 4.78 is 32.0. The summed E-state index contributed by atoms with van der Waals surface area (Å²) in [6.07, 6.45) is 4.43. The molecule has 1 amide bonds. The second-order valence-electron chi connectivity index (χ2n) is 8.24. The molecule has 0 bridgehead atoms. The maximum atomic E-state index is 13.1. The van der Waals surface area contributed by atoms with E-state index in [2.05, 4.69) is 11.1 Å². The lowest BCUT2D eigenvalue weighted by molar-refractivity contribution is -0.131. The van der Waals surface area contributed by atoms with Gasteiger partial charge in [0.25, 0.3) is 0 Å². The number of carbonyl (C=O) groups excluding carboxylic acids is 1. The molecule has 34 heavy (non-hydrogen) atoms. The van der Waals surface area contributed by atoms with Crippen molar-refractivity contribution in [1.82, 2.24) is 9.88 Å². The largest absolute Gasteiger partial charge is 0.489 e. The van der Waals surface area contributed by atoms with Gasteiger partial charge in [-0.05, 0) is 66.4 Å². The number of hydrogen-bond acceptors (Lipinski definition) is 6. The molecule has 0 aliphatic carbocycles. The Labute approximate surface area is 199 Å². The van der Waals surface area contributed by atoms with Gasteiger partial charge < -0.3 is 9.64 Å². The number of nitrogens with zero attached hydrogens (tertiary/aromatic N) is 3. The maximum Gasteiger partial charge on any atom is 0.227 e. The molecule has 0 spiro atoms. The molecule has 1 saturated heterocycles. The molecule has 1 aliphatic rings. The Hall–Kier alpha value is -3.70. The van der Waals surface area contributed by atoms with Crippen LogP contribution < -0.4 is 4.74 Å². The fraction of sp³-hybridized carbons (Fsp3) is 0.269. The first-order chi connectivity index (χ1) is 16.5. The molecule has 2 aromatic carbocycles. The standard InChI is InChI=1S/C26H25N3O4S/c27-17-20-3-1-4-22(15-20)19-33-23-6-8-24(9-7-23)34(31,32)25-10-13-29(14-11-25)26(30)16-21-5-2-12-28-18-21/h1-9,12,15,18,25H,10-11,13-14,16,19H2. The molecular weight excluding hydrogens is 450 g/mol. The number of carbonyl (C=O) groups is 1. The van der Waals surface area contributed by atoms with Crippen molar-refractivity contribution in [2.24, 2.45) is 0 Å². The molecule has 0 unspecified atom stereocenters. The van der Waals surface area contributed by atoms with Crippen LogP contribution in [0.5, 0.6) is 5.75 Å². The van der Waals surface area contributed by atoms with E-state index < -0.39 is 15.1 Å². The number of likely N-dealkylation sites (tertiary alicyclic amines) is 1. The van der Waals surface area contributed by atoms with Crippen molar-refractivity contribution in [2.45, 2.75) is 36.0 Å². The van der Waals surface area contributed by atoms with Crippen LogP contribution >= 0.6 is 0 Å². The maximum absolute atomic E-state index is 13.1. The number of pyridine rings is 1. The van der Waals surface area contributed by atoms with Gasteiger partial charge in [-0.25, -0.2) is 8.42 Å². The summed E-state index contributed by atoms with van der Waals surface area (Å²) in [5, 5.41) is 8.48. The minimum absolute atomic E-state index is 0.00865. The second-order valence-corrected chi connectivity index (χ2v) is 10.5. The van der Waals surface area contributed by atoms with Crippen LogP contribution in [0.3, 0.4) is 0 Å². The number of sulfone groups is 1. The number of hydrogen-bond donors (Lipinski definition) is 0. The number of ether oxygens (including phenoxy) is 1. The summed E-state index contributed by atoms with van der Waals surface area (Å²) in [5.41, 5.74) is 2.27. The number of nitriles is 1. The third kappa shape index (κ3) is 5.61. The fourth-order valence-electron chi connectivity index (χ4n) is 4.02. The first-order valence-electron chi connectivity index (χ1n) is 11.1. The summed E-state index contributed by atoms with van der Waals surface area (Å²) in [6, 6.07) is 19.3. The van der Waals surface area contributed by atoms with Crippen molar-refractivity contribution < 1.29 is 17.9 Å². The van der Waals surface area contributed by atoms with Crippen LogP contribution in [0.2, 0.25) is 0 Å². The molecule has 2 heterocycles. The van der Waals surface area contributed by atoms with E-state index in [0.717, 1.165) is 11.1 Å². The fourth-order valence-corrected chi connectivity index (χ4v) is 5.75. The summed E-state index contributed by atoms with van der Waals surface area (Å²) in [4.78, 5) is 18.6. The molecule has 0 saturated carbocycles. The Morgan fingerprint density at radius 2 is 1.79 bits per heavy atom. The predicted molar refractivity (Wildman–Crippen MR) is 127 cm³/mol. The van der Waals surface area contributed by atoms with Gasteiger partial charge in [0.2, 0.25) is 5.91 Å². The molecule has 0 N–H and O–H groups in total. The van der Waals surface area contributed by atoms with E-state index in [0.29, 0.717) is 37.2 Å². The quantitative estimate of drug-likeness (QED) is 0.518. The number of amides is 1. The number of rotatable bonds is 7. The van der Waals surface area contributed by atoms with E-state index in [4.69, 9.17) is 10.00 Å². The molecule has 1 fully saturated rings. The van der Waals surface area contributed by atoms with Crippen molar-refractivity contribution in [3.05, 3.63) is 89.7 Å². The molecule has 0 radical (unpaired) electrons. The Morgan fingerprint density at radius 3 is 2.47 bits per heavy atom. The number of benzene rings is 2. The second kappa shape index (κ2) is 10.5. The third-order valence-corrected chi connectivity index (χ3v) is 8.20. The molecule has 0 atom stereocenters. The lowest BCUT2D eigenvalue weighted by atomic mass is 10.1. The van der Waals surface area contributed by atoms with E-state index in [1.165, 1.54) is 0 Å². The minimum Gasteiger partial charge on any atom is -0.489 e. The molecular formula is C26H25N3O4S. The van der Waals surface area contributed by atoms with Gasteiger partial charge in [0.1, 0.15) is 12.4 Å². The van der Waals surface area contributed by atoms with Crippen molar-refractivity contribution in [3.63, 3.8) is 0 Å². The normalized spacial score (nSPS) is 14.4. The van der Waals surface area contributed by atoms with Crippen LogP contribution in [0.1, 0.15) is 29.5 Å². The van der Waals surface area contributed by atoms with E-state index in [1.54, 1.807) is 65.8 Å². The highest BCUT2D eigenvalue weighted by Crippen LogP contribution is 2.26. The van der Waals surface area contributed by atoms with Crippen LogP contribution in [-0.4, -0.2) is 42.5 Å². The molecule has 8 heteroatoms. The topological polar surface area (TPSA) is 100 Å². The van der Waals surface area contributed by atoms with Crippen LogP contribution in [0, 0.1) is 11.3 Å². The van der Waals surface area contributed by atoms with E-state index in [9.17, 15) is 13.2 Å². The van der Waals surface area contributed by atoms with Crippen LogP contribution in [0.4, 0.5) is 0 Å². The molecule has 7 nitrogen and oxygen atoms in total. The highest BCUT2D eigenvalue weighted by Gasteiger charge is 2.32. The Morgan fingerprint density at radius 1 is 1.06 bits per heavy atom. The zero-order valence-corrected chi connectivity index (χ0v) is 19.4. The van der Waals surface area contributed by atoms with Gasteiger partial charge in [0.05, 0.1) is 28.2 Å². The first-order valence-corrected chi connectivity index (χ1v) is 12.6. The van der Waals surface area contributed by atoms with Gasteiger partial charge in [0.15, 0.2) is 9.84 Å². The lowest BCUT2D eigenvalue weighted by Gasteiger charge is -2.32. The molecule has 1 aromatic heterocycles. The van der Waals surface area contributed by atoms with E-state index >= 15 is 0 Å². The van der Waals surface area contributed by atoms with Crippen molar-refractivity contribution in [3.8, 4) is 11.8 Å². The molecule has 1 aliphatic heterocycles. The van der Waals surface area contributed by atoms with Crippen molar-refractivity contribution in [2.75, 3.05) is 13.1 Å². The van der Waals surface area contributed by atoms with Gasteiger partial charge in [-0.1, -0.05) is 18.2 Å². The Kier molecular flexibility index (Phi) is 7.24. The lowest BCUT2D eigenvalue weighted by Crippen LogP contribution is -2.43. The van der Waals surface area contributed by atoms with Gasteiger partial charge in [0, 0.05) is 25.5 Å². The van der Waals surface area contributed by atoms with Gasteiger partial charge in [-0.15, -0.1) is 0 Å². The monoisotopic (exact) mass is 475 g/mol. The molecule has 174 valence electrons. The van der Waals surface area contributed by atoms with Gasteiger partial charge >= 0.3 is 0 Å². The Bertz CT molecular complexity index is 1280. The highest BCUT2D eigenvalue weighted by atomic mass is 32.2. The smallest absolute Gasteiger partial charge is 0.227 e. The highest BCUT2D eigenvalue weighted by molar-refractivity contribution is 7.92. The Balaban J connectivity index is 1.32. The average molecular weight is 476 g/mol. The zero-order chi connectivity index (χ0) is 24.0. The van der Waals surface area contributed by atoms with Crippen molar-refractivity contribution in [1.29, 1.82) is 5.26 Å². The van der Waals surface area contributed by atoms with E-state index in [1.807, 2.05) is 12.1 Å². The summed E-state index contributed by atoms with van der Waals surface area (Å²) >= 11 is 0. The summed E-state index contributed by atoms with van der Waals surface area (Å²) in [7, 11) is -3.50. The summed E-state index contributed by atoms with van der Waals surface area (Å²) in [5.74, 6) is 0.544. The molecule has 4 rings (SSSR count). The van der Waals surface area contributed by atoms with Crippen LogP contribution in [0.15, 0.2) is 78.0 Å². The van der Waals surface area contributed by atoms with Gasteiger partial charge in [-0.3, -0.25) is 9.78 Å². The third-order valence-electron chi connectivity index (χ3n) is 5.93. The van der Waals surface area contributed by atoms with Gasteiger partial charge in [-0.2, -0.15) is 5.26 Å². The minimum atomic E-state index is -3.50. The van der Waals surface area contributed by atoms with E-state index in [-0.39, 0.29) is 23.8 Å². The summed E-state index contributed by atoms with van der Waals surface area (Å²) in [6.45, 7) is 1.13. The predicted octanol–water partition coefficient (Wildman–Crippen LogP) is 3.54. The van der Waals surface area contributed by atoms with Crippen molar-refractivity contribution >= 4 is 15.7 Å². The van der Waals surface area contributed by atoms with Crippen LogP contribution in [-0.2, 0) is 27.7 Å². The van der Waals surface area contributed by atoms with Crippen LogP contribution in [0.25, 0.3) is 0 Å². The number of piperidine rings is 1. The average Bonchev–Trinajstić information content (AvgIpc) is 2.88. The molecule has 3 aromatic rings. The zero-order valence-electron chi connectivity index (χ0n) is 18.6. The number of aromatic nitrogens is 1. The SMILES string of the molecule is N#Cc1cccc(COc2ccc(S(=O)(=O)C3CCN(C(=O)Cc4cccnc4)CC3)cc2)c1.